The minimum atomic E-state index is -0.987. The molecule has 4 rings (SSSR count). The molecular formula is C23H26ClN5O2S. The van der Waals surface area contributed by atoms with E-state index in [1.165, 1.54) is 0 Å². The first-order valence-electron chi connectivity index (χ1n) is 10.5. The summed E-state index contributed by atoms with van der Waals surface area (Å²) in [5.41, 5.74) is 2.54. The molecule has 0 spiro atoms. The predicted octanol–water partition coefficient (Wildman–Crippen LogP) is 4.79. The maximum atomic E-state index is 12.8. The average Bonchev–Trinajstić information content (AvgIpc) is 2.83. The molecule has 3 N–H and O–H groups in total. The molecule has 2 aromatic carbocycles. The van der Waals surface area contributed by atoms with E-state index in [1.807, 2.05) is 43.3 Å². The van der Waals surface area contributed by atoms with Crippen LogP contribution in [0, 0.1) is 6.92 Å². The van der Waals surface area contributed by atoms with Crippen LogP contribution in [0.3, 0.4) is 0 Å². The normalized spacial score (nSPS) is 15.2. The lowest BCUT2D eigenvalue weighted by Gasteiger charge is -2.22. The number of aryl methyl sites for hydroxylation is 1. The number of hydrogen-bond donors (Lipinski definition) is 3. The van der Waals surface area contributed by atoms with Crippen molar-refractivity contribution in [1.29, 1.82) is 0 Å². The Morgan fingerprint density at radius 2 is 1.81 bits per heavy atom. The van der Waals surface area contributed by atoms with Gasteiger partial charge in [0.15, 0.2) is 0 Å². The highest BCUT2D eigenvalue weighted by Gasteiger charge is 2.20. The van der Waals surface area contributed by atoms with Gasteiger partial charge in [-0.25, -0.2) is 4.98 Å². The number of aromatic nitrogens is 2. The van der Waals surface area contributed by atoms with E-state index in [1.54, 1.807) is 19.4 Å². The van der Waals surface area contributed by atoms with Gasteiger partial charge >= 0.3 is 0 Å². The molecule has 0 radical (unpaired) electrons. The lowest BCUT2D eigenvalue weighted by molar-refractivity contribution is 0.415. The first kappa shape index (κ1) is 22.5. The number of benzene rings is 2. The number of nitrogens with one attached hydrogen (secondary N) is 3. The van der Waals surface area contributed by atoms with Crippen molar-refractivity contribution in [2.75, 3.05) is 30.8 Å². The van der Waals surface area contributed by atoms with Gasteiger partial charge in [0.25, 0.3) is 0 Å². The van der Waals surface area contributed by atoms with Crippen LogP contribution in [0.5, 0.6) is 5.75 Å². The molecule has 32 heavy (non-hydrogen) atoms. The molecule has 1 unspecified atom stereocenters. The Morgan fingerprint density at radius 1 is 1.09 bits per heavy atom. The molecule has 2 heterocycles. The van der Waals surface area contributed by atoms with Crippen molar-refractivity contribution in [2.45, 2.75) is 29.9 Å². The molecule has 1 aliphatic rings. The molecule has 1 saturated heterocycles. The van der Waals surface area contributed by atoms with Gasteiger partial charge in [-0.15, -0.1) is 0 Å². The summed E-state index contributed by atoms with van der Waals surface area (Å²) in [5.74, 6) is 1.73. The van der Waals surface area contributed by atoms with Gasteiger partial charge < -0.3 is 20.7 Å². The van der Waals surface area contributed by atoms with Gasteiger partial charge in [-0.05, 0) is 69.3 Å². The van der Waals surface area contributed by atoms with E-state index in [9.17, 15) is 4.21 Å². The van der Waals surface area contributed by atoms with Crippen LogP contribution in [0.1, 0.15) is 18.4 Å². The Bertz CT molecular complexity index is 1100. The molecule has 1 aliphatic heterocycles. The summed E-state index contributed by atoms with van der Waals surface area (Å²) < 4.78 is 18.1. The number of nitrogens with zero attached hydrogens (tertiary/aromatic N) is 2. The van der Waals surface area contributed by atoms with Crippen LogP contribution in [-0.2, 0) is 10.8 Å². The average molecular weight is 472 g/mol. The zero-order chi connectivity index (χ0) is 22.5. The Hall–Kier alpha value is -2.68. The second kappa shape index (κ2) is 10.3. The number of anilines is 4. The van der Waals surface area contributed by atoms with Crippen LogP contribution in [0.25, 0.3) is 0 Å². The number of hydrogen-bond acceptors (Lipinski definition) is 7. The van der Waals surface area contributed by atoms with Crippen molar-refractivity contribution in [1.82, 2.24) is 15.3 Å². The van der Waals surface area contributed by atoms with Gasteiger partial charge in [-0.3, -0.25) is 4.21 Å². The lowest BCUT2D eigenvalue weighted by Crippen LogP contribution is -2.33. The highest BCUT2D eigenvalue weighted by Crippen LogP contribution is 2.29. The fourth-order valence-electron chi connectivity index (χ4n) is 3.51. The SMILES string of the molecule is COc1cc(Nc2nc(Nc3ccc(S(=O)C4CCNCC4)cc3)ncc2C)ccc1Cl. The first-order chi connectivity index (χ1) is 15.5. The molecule has 9 heteroatoms. The van der Waals surface area contributed by atoms with E-state index in [-0.39, 0.29) is 5.25 Å². The van der Waals surface area contributed by atoms with E-state index in [0.29, 0.717) is 22.5 Å². The van der Waals surface area contributed by atoms with Crippen molar-refractivity contribution in [3.63, 3.8) is 0 Å². The molecule has 0 aliphatic carbocycles. The third-order valence-electron chi connectivity index (χ3n) is 5.32. The first-order valence-corrected chi connectivity index (χ1v) is 12.0. The Morgan fingerprint density at radius 3 is 2.53 bits per heavy atom. The molecule has 1 atom stereocenters. The monoisotopic (exact) mass is 471 g/mol. The lowest BCUT2D eigenvalue weighted by atomic mass is 10.2. The largest absolute Gasteiger partial charge is 0.495 e. The van der Waals surface area contributed by atoms with Gasteiger partial charge in [-0.1, -0.05) is 11.6 Å². The van der Waals surface area contributed by atoms with Crippen molar-refractivity contribution in [3.05, 3.63) is 59.2 Å². The third kappa shape index (κ3) is 5.38. The molecule has 0 saturated carbocycles. The van der Waals surface area contributed by atoms with Crippen LogP contribution in [0.15, 0.2) is 53.6 Å². The smallest absolute Gasteiger partial charge is 0.229 e. The molecule has 0 bridgehead atoms. The summed E-state index contributed by atoms with van der Waals surface area (Å²) in [6.45, 7) is 3.80. The van der Waals surface area contributed by atoms with E-state index in [2.05, 4.69) is 25.9 Å². The van der Waals surface area contributed by atoms with Crippen molar-refractivity contribution in [2.24, 2.45) is 0 Å². The standard InChI is InChI=1S/C23H26ClN5O2S/c1-15-14-26-23(29-22(15)27-17-5-8-20(24)21(13-17)31-2)28-16-3-6-18(7-4-16)32(30)19-9-11-25-12-10-19/h3-8,13-14,19,25H,9-12H2,1-2H3,(H2,26,27,28,29). The molecule has 1 fully saturated rings. The van der Waals surface area contributed by atoms with Gasteiger partial charge in [0.2, 0.25) is 5.95 Å². The quantitative estimate of drug-likeness (QED) is 0.456. The maximum absolute atomic E-state index is 12.8. The Balaban J connectivity index is 1.46. The minimum Gasteiger partial charge on any atom is -0.495 e. The zero-order valence-electron chi connectivity index (χ0n) is 18.0. The fourth-order valence-corrected chi connectivity index (χ4v) is 5.15. The number of halogens is 1. The Kier molecular flexibility index (Phi) is 7.24. The van der Waals surface area contributed by atoms with E-state index < -0.39 is 10.8 Å². The summed E-state index contributed by atoms with van der Waals surface area (Å²) in [4.78, 5) is 9.83. The van der Waals surface area contributed by atoms with E-state index in [0.717, 1.165) is 47.8 Å². The maximum Gasteiger partial charge on any atom is 0.229 e. The molecular weight excluding hydrogens is 446 g/mol. The number of rotatable bonds is 7. The van der Waals surface area contributed by atoms with Crippen molar-refractivity contribution in [3.8, 4) is 5.75 Å². The van der Waals surface area contributed by atoms with Gasteiger partial charge in [0, 0.05) is 39.3 Å². The summed E-state index contributed by atoms with van der Waals surface area (Å²) in [6.07, 6.45) is 3.64. The summed E-state index contributed by atoms with van der Waals surface area (Å²) >= 11 is 6.11. The topological polar surface area (TPSA) is 88.2 Å². The minimum absolute atomic E-state index is 0.218. The van der Waals surface area contributed by atoms with Crippen LogP contribution in [-0.4, -0.2) is 39.6 Å². The van der Waals surface area contributed by atoms with E-state index in [4.69, 9.17) is 16.3 Å². The van der Waals surface area contributed by atoms with Crippen LogP contribution < -0.4 is 20.7 Å². The highest BCUT2D eigenvalue weighted by molar-refractivity contribution is 7.85. The molecule has 168 valence electrons. The summed E-state index contributed by atoms with van der Waals surface area (Å²) in [5, 5.41) is 10.6. The summed E-state index contributed by atoms with van der Waals surface area (Å²) in [7, 11) is 0.592. The van der Waals surface area contributed by atoms with Gasteiger partial charge in [0.1, 0.15) is 11.6 Å². The highest BCUT2D eigenvalue weighted by atomic mass is 35.5. The van der Waals surface area contributed by atoms with Crippen LogP contribution in [0.4, 0.5) is 23.1 Å². The van der Waals surface area contributed by atoms with Gasteiger partial charge in [0.05, 0.1) is 22.9 Å². The predicted molar refractivity (Wildman–Crippen MR) is 130 cm³/mol. The molecule has 0 amide bonds. The number of piperidine rings is 1. The molecule has 7 nitrogen and oxygen atoms in total. The van der Waals surface area contributed by atoms with Crippen molar-refractivity contribution < 1.29 is 8.95 Å². The summed E-state index contributed by atoms with van der Waals surface area (Å²) in [6, 6.07) is 13.1. The van der Waals surface area contributed by atoms with Crippen LogP contribution >= 0.6 is 11.6 Å². The van der Waals surface area contributed by atoms with E-state index >= 15 is 0 Å². The van der Waals surface area contributed by atoms with Crippen LogP contribution in [0.2, 0.25) is 5.02 Å². The van der Waals surface area contributed by atoms with Crippen molar-refractivity contribution >= 4 is 45.5 Å². The third-order valence-corrected chi connectivity index (χ3v) is 7.44. The fraction of sp³-hybridized carbons (Fsp3) is 0.304. The molecule has 3 aromatic rings. The van der Waals surface area contributed by atoms with Gasteiger partial charge in [-0.2, -0.15) is 4.98 Å². The number of methoxy groups -OCH3 is 1. The number of ether oxygens (including phenoxy) is 1. The second-order valence-electron chi connectivity index (χ2n) is 7.60. The Labute approximate surface area is 195 Å². The molecule has 1 aromatic heterocycles. The zero-order valence-corrected chi connectivity index (χ0v) is 19.6. The second-order valence-corrected chi connectivity index (χ2v) is 9.74.